The molecule has 0 aliphatic heterocycles. The van der Waals surface area contributed by atoms with E-state index in [4.69, 9.17) is 4.74 Å². The van der Waals surface area contributed by atoms with E-state index in [1.807, 2.05) is 6.07 Å². The molecule has 0 saturated carbocycles. The molecular formula is C14H9NO3S. The van der Waals surface area contributed by atoms with Crippen LogP contribution in [-0.2, 0) is 0 Å². The molecule has 1 aromatic carbocycles. The van der Waals surface area contributed by atoms with Gasteiger partial charge in [0.1, 0.15) is 10.6 Å². The maximum atomic E-state index is 12.0. The molecule has 0 aliphatic rings. The summed E-state index contributed by atoms with van der Waals surface area (Å²) in [4.78, 5) is 16.9. The van der Waals surface area contributed by atoms with Gasteiger partial charge in [-0.2, -0.15) is 0 Å². The summed E-state index contributed by atoms with van der Waals surface area (Å²) in [6.45, 7) is 0. The molecule has 0 amide bonds. The van der Waals surface area contributed by atoms with Crippen molar-refractivity contribution in [1.82, 2.24) is 4.98 Å². The van der Waals surface area contributed by atoms with Crippen molar-refractivity contribution >= 4 is 27.5 Å². The van der Waals surface area contributed by atoms with E-state index < -0.39 is 5.97 Å². The van der Waals surface area contributed by atoms with Gasteiger partial charge in [0, 0.05) is 6.20 Å². The zero-order valence-corrected chi connectivity index (χ0v) is 10.6. The zero-order chi connectivity index (χ0) is 13.2. The Kier molecular flexibility index (Phi) is 2.89. The van der Waals surface area contributed by atoms with Crippen LogP contribution in [0.25, 0.3) is 10.2 Å². The Balaban J connectivity index is 1.96. The maximum Gasteiger partial charge on any atom is 0.357 e. The van der Waals surface area contributed by atoms with E-state index in [1.54, 1.807) is 42.6 Å². The molecule has 0 bridgehead atoms. The number of para-hydroxylation sites is 1. The van der Waals surface area contributed by atoms with E-state index in [0.717, 1.165) is 11.3 Å². The van der Waals surface area contributed by atoms with E-state index in [1.165, 1.54) is 0 Å². The first-order chi connectivity index (χ1) is 9.25. The standard InChI is InChI=1S/C14H9NO3S/c16-11-10-7-4-8-15-13(10)19-12(11)14(17)18-9-5-2-1-3-6-9/h1-8,16H. The number of fused-ring (bicyclic) bond motifs is 1. The molecule has 0 radical (unpaired) electrons. The lowest BCUT2D eigenvalue weighted by atomic mass is 10.3. The molecule has 0 atom stereocenters. The molecule has 2 heterocycles. The molecule has 4 nitrogen and oxygen atoms in total. The highest BCUT2D eigenvalue weighted by Gasteiger charge is 2.20. The largest absolute Gasteiger partial charge is 0.505 e. The monoisotopic (exact) mass is 271 g/mol. The molecule has 5 heteroatoms. The minimum Gasteiger partial charge on any atom is -0.505 e. The lowest BCUT2D eigenvalue weighted by Crippen LogP contribution is -2.06. The molecule has 19 heavy (non-hydrogen) atoms. The van der Waals surface area contributed by atoms with Crippen LogP contribution in [0.2, 0.25) is 0 Å². The number of aromatic hydroxyl groups is 1. The molecule has 0 saturated heterocycles. The Bertz CT molecular complexity index is 737. The van der Waals surface area contributed by atoms with Crippen molar-refractivity contribution in [3.63, 3.8) is 0 Å². The van der Waals surface area contributed by atoms with E-state index in [-0.39, 0.29) is 10.6 Å². The number of carbonyl (C=O) groups is 1. The number of ether oxygens (including phenoxy) is 1. The van der Waals surface area contributed by atoms with Crippen molar-refractivity contribution in [3.8, 4) is 11.5 Å². The number of esters is 1. The van der Waals surface area contributed by atoms with Crippen molar-refractivity contribution in [2.75, 3.05) is 0 Å². The van der Waals surface area contributed by atoms with Crippen LogP contribution in [0.5, 0.6) is 11.5 Å². The third kappa shape index (κ3) is 2.15. The van der Waals surface area contributed by atoms with E-state index in [2.05, 4.69) is 4.98 Å². The topological polar surface area (TPSA) is 59.4 Å². The molecular weight excluding hydrogens is 262 g/mol. The summed E-state index contributed by atoms with van der Waals surface area (Å²) < 4.78 is 5.19. The Morgan fingerprint density at radius 2 is 1.95 bits per heavy atom. The van der Waals surface area contributed by atoms with Crippen LogP contribution in [-0.4, -0.2) is 16.1 Å². The highest BCUT2D eigenvalue weighted by Crippen LogP contribution is 2.35. The van der Waals surface area contributed by atoms with Crippen LogP contribution in [0.1, 0.15) is 9.67 Å². The van der Waals surface area contributed by atoms with Crippen LogP contribution in [0, 0.1) is 0 Å². The third-order valence-corrected chi connectivity index (χ3v) is 3.66. The number of aromatic nitrogens is 1. The molecule has 3 rings (SSSR count). The molecule has 1 N–H and O–H groups in total. The number of nitrogens with zero attached hydrogens (tertiary/aromatic N) is 1. The lowest BCUT2D eigenvalue weighted by molar-refractivity contribution is 0.0737. The number of thiophene rings is 1. The van der Waals surface area contributed by atoms with Gasteiger partial charge < -0.3 is 9.84 Å². The Hall–Kier alpha value is -2.40. The number of rotatable bonds is 2. The number of hydrogen-bond donors (Lipinski definition) is 1. The zero-order valence-electron chi connectivity index (χ0n) is 9.74. The van der Waals surface area contributed by atoms with Crippen LogP contribution in [0.4, 0.5) is 0 Å². The molecule has 3 aromatic rings. The van der Waals surface area contributed by atoms with Gasteiger partial charge in [-0.3, -0.25) is 0 Å². The van der Waals surface area contributed by atoms with E-state index in [9.17, 15) is 9.90 Å². The van der Waals surface area contributed by atoms with Crippen LogP contribution in [0.3, 0.4) is 0 Å². The maximum absolute atomic E-state index is 12.0. The van der Waals surface area contributed by atoms with Gasteiger partial charge in [0.15, 0.2) is 10.6 Å². The van der Waals surface area contributed by atoms with Gasteiger partial charge in [0.25, 0.3) is 0 Å². The van der Waals surface area contributed by atoms with Crippen LogP contribution < -0.4 is 4.74 Å². The van der Waals surface area contributed by atoms with Gasteiger partial charge in [-0.1, -0.05) is 18.2 Å². The summed E-state index contributed by atoms with van der Waals surface area (Å²) in [7, 11) is 0. The first-order valence-electron chi connectivity index (χ1n) is 5.59. The molecule has 0 unspecified atom stereocenters. The fraction of sp³-hybridized carbons (Fsp3) is 0. The summed E-state index contributed by atoms with van der Waals surface area (Å²) in [6.07, 6.45) is 1.62. The normalized spacial score (nSPS) is 10.5. The number of pyridine rings is 1. The van der Waals surface area contributed by atoms with Crippen molar-refractivity contribution in [2.24, 2.45) is 0 Å². The Morgan fingerprint density at radius 1 is 1.16 bits per heavy atom. The summed E-state index contributed by atoms with van der Waals surface area (Å²) >= 11 is 1.12. The smallest absolute Gasteiger partial charge is 0.357 e. The molecule has 0 fully saturated rings. The summed E-state index contributed by atoms with van der Waals surface area (Å²) in [6, 6.07) is 12.2. The quantitative estimate of drug-likeness (QED) is 0.574. The van der Waals surface area contributed by atoms with Gasteiger partial charge in [-0.05, 0) is 24.3 Å². The predicted octanol–water partition coefficient (Wildman–Crippen LogP) is 3.22. The van der Waals surface area contributed by atoms with Gasteiger partial charge in [-0.25, -0.2) is 9.78 Å². The second-order valence-electron chi connectivity index (χ2n) is 3.84. The SMILES string of the molecule is O=C(Oc1ccccc1)c1sc2ncccc2c1O. The van der Waals surface area contributed by atoms with Gasteiger partial charge in [0.2, 0.25) is 0 Å². The van der Waals surface area contributed by atoms with Crippen molar-refractivity contribution in [3.05, 3.63) is 53.5 Å². The number of carbonyl (C=O) groups excluding carboxylic acids is 1. The average Bonchev–Trinajstić information content (AvgIpc) is 2.78. The Morgan fingerprint density at radius 3 is 2.68 bits per heavy atom. The molecule has 94 valence electrons. The highest BCUT2D eigenvalue weighted by molar-refractivity contribution is 7.20. The Labute approximate surface area is 112 Å². The van der Waals surface area contributed by atoms with Gasteiger partial charge in [-0.15, -0.1) is 11.3 Å². The first-order valence-corrected chi connectivity index (χ1v) is 6.41. The minimum absolute atomic E-state index is 0.0750. The fourth-order valence-corrected chi connectivity index (χ4v) is 2.61. The summed E-state index contributed by atoms with van der Waals surface area (Å²) in [5.41, 5.74) is 0. The van der Waals surface area contributed by atoms with Crippen LogP contribution >= 0.6 is 11.3 Å². The molecule has 0 spiro atoms. The summed E-state index contributed by atoms with van der Waals surface area (Å²) in [5.74, 6) is -0.210. The predicted molar refractivity (Wildman–Crippen MR) is 72.7 cm³/mol. The van der Waals surface area contributed by atoms with E-state index in [0.29, 0.717) is 16.0 Å². The van der Waals surface area contributed by atoms with Gasteiger partial charge in [0.05, 0.1) is 5.39 Å². The second-order valence-corrected chi connectivity index (χ2v) is 4.84. The van der Waals surface area contributed by atoms with Crippen molar-refractivity contribution < 1.29 is 14.6 Å². The highest BCUT2D eigenvalue weighted by atomic mass is 32.1. The van der Waals surface area contributed by atoms with E-state index >= 15 is 0 Å². The molecule has 0 aliphatic carbocycles. The van der Waals surface area contributed by atoms with Crippen molar-refractivity contribution in [1.29, 1.82) is 0 Å². The van der Waals surface area contributed by atoms with Crippen molar-refractivity contribution in [2.45, 2.75) is 0 Å². The number of hydrogen-bond acceptors (Lipinski definition) is 5. The molecule has 2 aromatic heterocycles. The fourth-order valence-electron chi connectivity index (χ4n) is 1.70. The average molecular weight is 271 g/mol. The first kappa shape index (κ1) is 11.7. The lowest BCUT2D eigenvalue weighted by Gasteiger charge is -2.01. The minimum atomic E-state index is -0.577. The van der Waals surface area contributed by atoms with Gasteiger partial charge >= 0.3 is 5.97 Å². The van der Waals surface area contributed by atoms with Crippen LogP contribution in [0.15, 0.2) is 48.7 Å². The summed E-state index contributed by atoms with van der Waals surface area (Å²) in [5, 5.41) is 10.6. The third-order valence-electron chi connectivity index (χ3n) is 2.58. The second kappa shape index (κ2) is 4.70. The number of benzene rings is 1.